The Labute approximate surface area is 324 Å². The summed E-state index contributed by atoms with van der Waals surface area (Å²) >= 11 is -4.12. The maximum absolute atomic E-state index is 4.12. The second kappa shape index (κ2) is 14.4. The van der Waals surface area contributed by atoms with E-state index in [4.69, 9.17) is 0 Å². The molecule has 0 aliphatic heterocycles. The molecule has 0 saturated heterocycles. The minimum absolute atomic E-state index is 0. The molecule has 2 unspecified atom stereocenters. The molecule has 1 fully saturated rings. The Morgan fingerprint density at radius 1 is 0.569 bits per heavy atom. The predicted octanol–water partition coefficient (Wildman–Crippen LogP) is 13.7. The molecule has 2 atom stereocenters. The minimum atomic E-state index is -4.12. The number of hydrogen-bond acceptors (Lipinski definition) is 0. The van der Waals surface area contributed by atoms with Crippen molar-refractivity contribution in [2.24, 2.45) is 0 Å². The molecule has 4 aromatic rings. The van der Waals surface area contributed by atoms with Crippen molar-refractivity contribution in [2.75, 3.05) is 0 Å². The van der Waals surface area contributed by atoms with Gasteiger partial charge in [-0.25, -0.2) is 0 Å². The Hall–Kier alpha value is -1.96. The van der Waals surface area contributed by atoms with Gasteiger partial charge in [-0.1, -0.05) is 0 Å². The Kier molecular flexibility index (Phi) is 11.3. The van der Waals surface area contributed by atoms with Crippen LogP contribution in [-0.4, -0.2) is 6.88 Å². The van der Waals surface area contributed by atoms with Crippen LogP contribution in [0.2, 0.25) is 8.26 Å². The van der Waals surface area contributed by atoms with Crippen LogP contribution in [0.3, 0.4) is 0 Å². The van der Waals surface area contributed by atoms with Gasteiger partial charge in [0.2, 0.25) is 0 Å². The van der Waals surface area contributed by atoms with Crippen molar-refractivity contribution in [1.82, 2.24) is 0 Å². The van der Waals surface area contributed by atoms with Gasteiger partial charge in [-0.2, -0.15) is 0 Å². The summed E-state index contributed by atoms with van der Waals surface area (Å²) in [6, 6.07) is 33.9. The standard InChI is InChI=1S/2C20H21.C6H11.CH3.2ClH.H2Si.Zr/c2*1-14-11-18(20(2,3)4)9-10-19(14)17-12-15-7-5-6-8-16(15)13-17;1-2-4-6-5-3-1;;;;;/h2*5-13H,1-4H3;1H,2-6H2;1H3;2*1H;1H2;. The smallest absolute Gasteiger partial charge is 0.147 e. The van der Waals surface area contributed by atoms with E-state index in [-0.39, 0.29) is 35.6 Å². The largest absolute Gasteiger partial charge is 0.147 e. The monoisotopic (exact) mass is 812 g/mol. The molecule has 1 saturated carbocycles. The van der Waals surface area contributed by atoms with Crippen LogP contribution in [0.25, 0.3) is 23.3 Å². The van der Waals surface area contributed by atoms with Crippen LogP contribution in [0, 0.1) is 13.8 Å². The summed E-state index contributed by atoms with van der Waals surface area (Å²) in [6.45, 7) is 21.4. The first-order valence-corrected chi connectivity index (χ1v) is 31.6. The molecular weight excluding hydrogens is 755 g/mol. The summed E-state index contributed by atoms with van der Waals surface area (Å²) < 4.78 is 4.67. The number of allylic oxidation sites excluding steroid dienone is 2. The second-order valence-corrected chi connectivity index (χ2v) is 46.3. The van der Waals surface area contributed by atoms with E-state index in [1.54, 1.807) is 22.3 Å². The number of benzene rings is 4. The van der Waals surface area contributed by atoms with E-state index in [0.29, 0.717) is 7.25 Å². The van der Waals surface area contributed by atoms with Crippen molar-refractivity contribution >= 4 is 55.0 Å². The van der Waals surface area contributed by atoms with E-state index in [2.05, 4.69) is 164 Å². The third kappa shape index (κ3) is 6.84. The summed E-state index contributed by atoms with van der Waals surface area (Å²) in [5.41, 5.74) is 18.3. The molecular formula is C47H60Cl2SiZr. The van der Waals surface area contributed by atoms with Crippen LogP contribution >= 0.6 is 24.8 Å². The number of rotatable bonds is 5. The Morgan fingerprint density at radius 2 is 0.961 bits per heavy atom. The van der Waals surface area contributed by atoms with Crippen LogP contribution in [0.5, 0.6) is 0 Å². The fourth-order valence-corrected chi connectivity index (χ4v) is 37.4. The van der Waals surface area contributed by atoms with E-state index in [9.17, 15) is 0 Å². The normalized spacial score (nSPS) is 19.3. The Morgan fingerprint density at radius 3 is 1.33 bits per heavy atom. The molecule has 7 rings (SSSR count). The summed E-state index contributed by atoms with van der Waals surface area (Å²) in [6.07, 6.45) is 12.2. The third-order valence-corrected chi connectivity index (χ3v) is 39.7. The van der Waals surface area contributed by atoms with Crippen LogP contribution in [0.4, 0.5) is 0 Å². The quantitative estimate of drug-likeness (QED) is 0.176. The van der Waals surface area contributed by atoms with Crippen molar-refractivity contribution < 1.29 is 17.4 Å². The van der Waals surface area contributed by atoms with Gasteiger partial charge in [0.1, 0.15) is 0 Å². The van der Waals surface area contributed by atoms with Gasteiger partial charge in [0.05, 0.1) is 0 Å². The van der Waals surface area contributed by atoms with Gasteiger partial charge in [-0.3, -0.25) is 0 Å². The van der Waals surface area contributed by atoms with Crippen molar-refractivity contribution in [1.29, 1.82) is 0 Å². The molecule has 0 bridgehead atoms. The second-order valence-electron chi connectivity index (χ2n) is 18.5. The zero-order chi connectivity index (χ0) is 35.0. The van der Waals surface area contributed by atoms with Crippen molar-refractivity contribution in [3.8, 4) is 0 Å². The molecule has 0 amide bonds. The molecule has 270 valence electrons. The van der Waals surface area contributed by atoms with Crippen molar-refractivity contribution in [2.45, 2.75) is 114 Å². The molecule has 3 aliphatic carbocycles. The molecule has 0 aromatic heterocycles. The number of halogens is 2. The van der Waals surface area contributed by atoms with Crippen LogP contribution < -0.4 is 0 Å². The maximum Gasteiger partial charge on any atom is -0.147 e. The number of aryl methyl sites for hydroxylation is 2. The van der Waals surface area contributed by atoms with Crippen LogP contribution in [-0.2, 0) is 28.2 Å². The van der Waals surface area contributed by atoms with Gasteiger partial charge in [0.15, 0.2) is 0 Å². The van der Waals surface area contributed by atoms with Gasteiger partial charge in [-0.05, 0) is 0 Å². The zero-order valence-electron chi connectivity index (χ0n) is 32.5. The van der Waals surface area contributed by atoms with E-state index in [0.717, 1.165) is 3.63 Å². The van der Waals surface area contributed by atoms with Gasteiger partial charge in [-0.15, -0.1) is 24.8 Å². The summed E-state index contributed by atoms with van der Waals surface area (Å²) in [5.74, 6) is 0. The average Bonchev–Trinajstić information content (AvgIpc) is 3.65. The Bertz CT molecular complexity index is 1950. The first kappa shape index (κ1) is 40.2. The van der Waals surface area contributed by atoms with Crippen molar-refractivity contribution in [3.63, 3.8) is 0 Å². The van der Waals surface area contributed by atoms with E-state index >= 15 is 0 Å². The molecule has 0 nitrogen and oxygen atoms in total. The SMILES string of the molecule is Cc1cc(C(C)(C)C)ccc1C1=Cc2ccccc2[CH]1[Zr]([CH3])(=[SiH2])([CH]1CCCCC1)[CH]1C(c2ccc(C(C)(C)C)cc2C)=Cc2ccccc21.Cl.Cl. The van der Waals surface area contributed by atoms with Gasteiger partial charge in [0.25, 0.3) is 0 Å². The third-order valence-electron chi connectivity index (χ3n) is 13.1. The predicted molar refractivity (Wildman–Crippen MR) is 230 cm³/mol. The fourth-order valence-electron chi connectivity index (χ4n) is 10.4. The number of fused-ring (bicyclic) bond motifs is 2. The van der Waals surface area contributed by atoms with Gasteiger partial charge >= 0.3 is 302 Å². The maximum atomic E-state index is 2.95. The minimum Gasteiger partial charge on any atom is -0.147 e. The average molecular weight is 815 g/mol. The van der Waals surface area contributed by atoms with E-state index < -0.39 is 17.4 Å². The topological polar surface area (TPSA) is 0 Å². The summed E-state index contributed by atoms with van der Waals surface area (Å²) in [7, 11) is 0. The first-order valence-electron chi connectivity index (χ1n) is 19.0. The van der Waals surface area contributed by atoms with Crippen molar-refractivity contribution in [3.05, 3.63) is 141 Å². The molecule has 0 spiro atoms. The molecule has 0 radical (unpaired) electrons. The molecule has 51 heavy (non-hydrogen) atoms. The van der Waals surface area contributed by atoms with Gasteiger partial charge < -0.3 is 0 Å². The molecule has 4 aromatic carbocycles. The Balaban J connectivity index is 0.00000252. The van der Waals surface area contributed by atoms with Crippen LogP contribution in [0.15, 0.2) is 84.9 Å². The van der Waals surface area contributed by atoms with E-state index in [1.807, 2.05) is 0 Å². The molecule has 3 aliphatic rings. The molecule has 0 N–H and O–H groups in total. The molecule has 0 heterocycles. The van der Waals surface area contributed by atoms with E-state index in [1.165, 1.54) is 76.6 Å². The van der Waals surface area contributed by atoms with Gasteiger partial charge in [0, 0.05) is 0 Å². The van der Waals surface area contributed by atoms with Crippen LogP contribution in [0.1, 0.15) is 137 Å². The first-order chi connectivity index (χ1) is 23.1. The molecule has 4 heteroatoms. The summed E-state index contributed by atoms with van der Waals surface area (Å²) in [4.78, 5) is 0. The fraction of sp³-hybridized carbons (Fsp3) is 0.404. The summed E-state index contributed by atoms with van der Waals surface area (Å²) in [5, 5.41) is 0. The zero-order valence-corrected chi connectivity index (χ0v) is 38.0. The number of hydrogen-bond donors (Lipinski definition) is 0.